The van der Waals surface area contributed by atoms with Crippen molar-refractivity contribution < 1.29 is 9.53 Å². The van der Waals surface area contributed by atoms with Gasteiger partial charge in [0.25, 0.3) is 0 Å². The van der Waals surface area contributed by atoms with E-state index in [9.17, 15) is 10.1 Å². The Labute approximate surface area is 171 Å². The van der Waals surface area contributed by atoms with E-state index in [-0.39, 0.29) is 11.9 Å². The van der Waals surface area contributed by atoms with Crippen LogP contribution in [0.5, 0.6) is 0 Å². The van der Waals surface area contributed by atoms with Gasteiger partial charge >= 0.3 is 0 Å². The Morgan fingerprint density at radius 1 is 1.28 bits per heavy atom. The molecule has 2 aliphatic rings. The first-order chi connectivity index (χ1) is 14.1. The number of fused-ring (bicyclic) bond motifs is 1. The number of amides is 1. The summed E-state index contributed by atoms with van der Waals surface area (Å²) in [6, 6.07) is 14.2. The van der Waals surface area contributed by atoms with Gasteiger partial charge in [0, 0.05) is 44.8 Å². The number of likely N-dealkylation sites (tertiary alicyclic amines) is 1. The summed E-state index contributed by atoms with van der Waals surface area (Å²) in [6.07, 6.45) is 2.11. The summed E-state index contributed by atoms with van der Waals surface area (Å²) in [5, 5.41) is 9.20. The fourth-order valence-electron chi connectivity index (χ4n) is 4.80. The van der Waals surface area contributed by atoms with Gasteiger partial charge in [0.15, 0.2) is 0 Å². The van der Waals surface area contributed by atoms with Crippen molar-refractivity contribution in [2.75, 3.05) is 38.3 Å². The molecule has 2 aromatic rings. The predicted molar refractivity (Wildman–Crippen MR) is 110 cm³/mol. The number of benzene rings is 1. The number of aromatic nitrogens is 1. The smallest absolute Gasteiger partial charge is 0.225 e. The van der Waals surface area contributed by atoms with Gasteiger partial charge in [-0.1, -0.05) is 24.3 Å². The summed E-state index contributed by atoms with van der Waals surface area (Å²) in [5.41, 5.74) is 3.07. The highest BCUT2D eigenvalue weighted by Crippen LogP contribution is 2.46. The summed E-state index contributed by atoms with van der Waals surface area (Å²) in [6.45, 7) is 5.00. The Hall–Kier alpha value is -2.91. The van der Waals surface area contributed by atoms with E-state index in [0.29, 0.717) is 30.4 Å². The second-order valence-electron chi connectivity index (χ2n) is 7.93. The quantitative estimate of drug-likeness (QED) is 0.785. The number of carbonyl (C=O) groups excluding carboxylic acids is 1. The molecule has 0 radical (unpaired) electrons. The average molecular weight is 390 g/mol. The van der Waals surface area contributed by atoms with Crippen molar-refractivity contribution in [2.45, 2.75) is 19.4 Å². The molecule has 4 rings (SSSR count). The fraction of sp³-hybridized carbons (Fsp3) is 0.435. The molecule has 0 N–H and O–H groups in total. The Balaban J connectivity index is 1.62. The van der Waals surface area contributed by atoms with Gasteiger partial charge in [-0.25, -0.2) is 4.98 Å². The normalized spacial score (nSPS) is 23.1. The average Bonchev–Trinajstić information content (AvgIpc) is 3.31. The van der Waals surface area contributed by atoms with E-state index in [2.05, 4.69) is 46.0 Å². The van der Waals surface area contributed by atoms with Crippen molar-refractivity contribution in [3.05, 3.63) is 59.3 Å². The Morgan fingerprint density at radius 2 is 2.10 bits per heavy atom. The highest BCUT2D eigenvalue weighted by Gasteiger charge is 2.49. The van der Waals surface area contributed by atoms with Crippen LogP contribution in [0.1, 0.15) is 29.2 Å². The number of hydrogen-bond donors (Lipinski definition) is 0. The molecule has 3 heterocycles. The standard InChI is InChI=1S/C23H26N4O2/c1-16-5-3-4-6-19(16)23-20-15-26(21-11-17(12-24)7-9-25-21)13-18(20)14-27(23)22(28)8-10-29-2/h3-7,9,11,18,20,23H,8,10,13-15H2,1-2H3/t18-,20-,23+/m0/s1. The molecule has 2 fully saturated rings. The lowest BCUT2D eigenvalue weighted by Crippen LogP contribution is -2.36. The maximum absolute atomic E-state index is 12.9. The van der Waals surface area contributed by atoms with Crippen LogP contribution in [0.15, 0.2) is 42.6 Å². The lowest BCUT2D eigenvalue weighted by molar-refractivity contribution is -0.133. The van der Waals surface area contributed by atoms with Gasteiger partial charge in [0.05, 0.1) is 30.7 Å². The molecule has 6 nitrogen and oxygen atoms in total. The first-order valence-corrected chi connectivity index (χ1v) is 10.1. The molecule has 0 aliphatic carbocycles. The van der Waals surface area contributed by atoms with E-state index < -0.39 is 0 Å². The minimum absolute atomic E-state index is 0.0645. The second kappa shape index (κ2) is 8.22. The van der Waals surface area contributed by atoms with E-state index in [1.807, 2.05) is 12.1 Å². The number of ether oxygens (including phenoxy) is 1. The van der Waals surface area contributed by atoms with Gasteiger partial charge in [-0.15, -0.1) is 0 Å². The molecule has 150 valence electrons. The molecule has 2 aliphatic heterocycles. The van der Waals surface area contributed by atoms with E-state index in [1.54, 1.807) is 19.4 Å². The first-order valence-electron chi connectivity index (χ1n) is 10.1. The molecule has 1 aromatic heterocycles. The zero-order chi connectivity index (χ0) is 20.4. The summed E-state index contributed by atoms with van der Waals surface area (Å²) < 4.78 is 5.14. The van der Waals surface area contributed by atoms with Crippen LogP contribution in [-0.2, 0) is 9.53 Å². The lowest BCUT2D eigenvalue weighted by Gasteiger charge is -2.31. The van der Waals surface area contributed by atoms with Crippen molar-refractivity contribution in [3.63, 3.8) is 0 Å². The summed E-state index contributed by atoms with van der Waals surface area (Å²) in [7, 11) is 1.63. The van der Waals surface area contributed by atoms with Gasteiger partial charge in [-0.05, 0) is 30.2 Å². The highest BCUT2D eigenvalue weighted by atomic mass is 16.5. The van der Waals surface area contributed by atoms with Gasteiger partial charge < -0.3 is 14.5 Å². The maximum Gasteiger partial charge on any atom is 0.225 e. The molecule has 1 aromatic carbocycles. The van der Waals surface area contributed by atoms with Gasteiger partial charge in [0.1, 0.15) is 5.82 Å². The predicted octanol–water partition coefficient (Wildman–Crippen LogP) is 2.93. The first kappa shape index (κ1) is 19.4. The Morgan fingerprint density at radius 3 is 2.86 bits per heavy atom. The van der Waals surface area contributed by atoms with Gasteiger partial charge in [0.2, 0.25) is 5.91 Å². The van der Waals surface area contributed by atoms with E-state index >= 15 is 0 Å². The van der Waals surface area contributed by atoms with Crippen LogP contribution in [0, 0.1) is 30.1 Å². The number of aryl methyl sites for hydroxylation is 1. The molecule has 3 atom stereocenters. The zero-order valence-electron chi connectivity index (χ0n) is 16.9. The number of carbonyl (C=O) groups is 1. The molecular formula is C23H26N4O2. The minimum Gasteiger partial charge on any atom is -0.384 e. The lowest BCUT2D eigenvalue weighted by atomic mass is 9.87. The van der Waals surface area contributed by atoms with Crippen molar-refractivity contribution in [1.29, 1.82) is 5.26 Å². The van der Waals surface area contributed by atoms with Crippen molar-refractivity contribution in [2.24, 2.45) is 11.8 Å². The van der Waals surface area contributed by atoms with Crippen LogP contribution in [0.4, 0.5) is 5.82 Å². The van der Waals surface area contributed by atoms with Crippen LogP contribution in [0.2, 0.25) is 0 Å². The van der Waals surface area contributed by atoms with Crippen molar-refractivity contribution in [1.82, 2.24) is 9.88 Å². The Bertz CT molecular complexity index is 938. The number of rotatable bonds is 5. The fourth-order valence-corrected chi connectivity index (χ4v) is 4.80. The molecule has 1 amide bonds. The third-order valence-electron chi connectivity index (χ3n) is 6.21. The van der Waals surface area contributed by atoms with Crippen LogP contribution in [0.25, 0.3) is 0 Å². The Kier molecular flexibility index (Phi) is 5.50. The third kappa shape index (κ3) is 3.70. The SMILES string of the molecule is COCCC(=O)N1C[C@@H]2CN(c3cc(C#N)ccn3)C[C@@H]2[C@H]1c1ccccc1C. The van der Waals surface area contributed by atoms with Crippen LogP contribution in [-0.4, -0.2) is 49.1 Å². The van der Waals surface area contributed by atoms with E-state index in [0.717, 1.165) is 25.5 Å². The molecule has 0 saturated carbocycles. The summed E-state index contributed by atoms with van der Waals surface area (Å²) in [4.78, 5) is 21.8. The molecule has 29 heavy (non-hydrogen) atoms. The highest BCUT2D eigenvalue weighted by molar-refractivity contribution is 5.77. The van der Waals surface area contributed by atoms with Crippen LogP contribution >= 0.6 is 0 Å². The van der Waals surface area contributed by atoms with Crippen LogP contribution < -0.4 is 4.90 Å². The van der Waals surface area contributed by atoms with Crippen molar-refractivity contribution >= 4 is 11.7 Å². The number of nitriles is 1. The number of anilines is 1. The monoisotopic (exact) mass is 390 g/mol. The number of methoxy groups -OCH3 is 1. The summed E-state index contributed by atoms with van der Waals surface area (Å²) >= 11 is 0. The molecular weight excluding hydrogens is 364 g/mol. The van der Waals surface area contributed by atoms with Gasteiger partial charge in [-0.2, -0.15) is 5.26 Å². The number of hydrogen-bond acceptors (Lipinski definition) is 5. The van der Waals surface area contributed by atoms with E-state index in [1.165, 1.54) is 11.1 Å². The second-order valence-corrected chi connectivity index (χ2v) is 7.93. The number of nitrogens with zero attached hydrogens (tertiary/aromatic N) is 4. The van der Waals surface area contributed by atoms with Gasteiger partial charge in [-0.3, -0.25) is 4.79 Å². The van der Waals surface area contributed by atoms with E-state index in [4.69, 9.17) is 4.74 Å². The largest absolute Gasteiger partial charge is 0.384 e. The molecule has 0 unspecified atom stereocenters. The summed E-state index contributed by atoms with van der Waals surface area (Å²) in [5.74, 6) is 1.73. The molecule has 0 bridgehead atoms. The molecule has 6 heteroatoms. The van der Waals surface area contributed by atoms with Crippen LogP contribution in [0.3, 0.4) is 0 Å². The topological polar surface area (TPSA) is 69.5 Å². The molecule has 2 saturated heterocycles. The van der Waals surface area contributed by atoms with Crippen molar-refractivity contribution in [3.8, 4) is 6.07 Å². The molecule has 0 spiro atoms. The zero-order valence-corrected chi connectivity index (χ0v) is 16.9. The third-order valence-corrected chi connectivity index (χ3v) is 6.21. The number of pyridine rings is 1. The maximum atomic E-state index is 12.9. The minimum atomic E-state index is 0.0645.